The van der Waals surface area contributed by atoms with Crippen molar-refractivity contribution in [2.24, 2.45) is 0 Å². The predicted molar refractivity (Wildman–Crippen MR) is 284 cm³/mol. The summed E-state index contributed by atoms with van der Waals surface area (Å²) in [5.74, 6) is -3.33. The van der Waals surface area contributed by atoms with Crippen LogP contribution in [-0.2, 0) is 42.9 Å². The van der Waals surface area contributed by atoms with Gasteiger partial charge < -0.3 is 39.0 Å². The summed E-state index contributed by atoms with van der Waals surface area (Å²) in [6.07, 6.45) is 48.5. The summed E-state index contributed by atoms with van der Waals surface area (Å²) >= 11 is 0. The van der Waals surface area contributed by atoms with Crippen molar-refractivity contribution in [1.29, 1.82) is 0 Å². The molecule has 0 amide bonds. The first-order valence-corrected chi connectivity index (χ1v) is 27.2. The summed E-state index contributed by atoms with van der Waals surface area (Å²) in [5, 5.41) is 31.3. The molecule has 71 heavy (non-hydrogen) atoms. The summed E-state index contributed by atoms with van der Waals surface area (Å²) in [6, 6.07) is 0. The molecule has 0 aromatic carbocycles. The molecule has 0 radical (unpaired) electrons. The molecule has 1 aliphatic rings. The van der Waals surface area contributed by atoms with Crippen LogP contribution >= 0.6 is 0 Å². The van der Waals surface area contributed by atoms with Gasteiger partial charge in [-0.25, -0.2) is 4.79 Å². The second-order valence-corrected chi connectivity index (χ2v) is 18.1. The number of esters is 3. The number of aliphatic hydroxyl groups is 2. The van der Waals surface area contributed by atoms with E-state index in [-0.39, 0.29) is 25.9 Å². The summed E-state index contributed by atoms with van der Waals surface area (Å²) in [7, 11) is 0. The Hall–Kier alpha value is -4.36. The highest BCUT2D eigenvalue weighted by atomic mass is 16.7. The van der Waals surface area contributed by atoms with E-state index in [4.69, 9.17) is 23.7 Å². The molecule has 1 heterocycles. The minimum absolute atomic E-state index is 0.0222. The molecule has 402 valence electrons. The van der Waals surface area contributed by atoms with Gasteiger partial charge >= 0.3 is 23.9 Å². The molecular formula is C59H94O12. The van der Waals surface area contributed by atoms with Gasteiger partial charge in [0.2, 0.25) is 0 Å². The van der Waals surface area contributed by atoms with Gasteiger partial charge in [0.25, 0.3) is 0 Å². The largest absolute Gasteiger partial charge is 0.479 e. The zero-order valence-corrected chi connectivity index (χ0v) is 43.9. The maximum absolute atomic E-state index is 13.1. The smallest absolute Gasteiger partial charge is 0.335 e. The number of hydrogen-bond acceptors (Lipinski definition) is 11. The normalized spacial score (nSPS) is 19.3. The van der Waals surface area contributed by atoms with Gasteiger partial charge in [-0.15, -0.1) is 0 Å². The first-order chi connectivity index (χ1) is 34.6. The molecule has 12 heteroatoms. The van der Waals surface area contributed by atoms with Crippen molar-refractivity contribution >= 4 is 23.9 Å². The van der Waals surface area contributed by atoms with Gasteiger partial charge in [0, 0.05) is 12.8 Å². The number of carbonyl (C=O) groups is 4. The van der Waals surface area contributed by atoms with Gasteiger partial charge in [0.15, 0.2) is 24.6 Å². The second kappa shape index (κ2) is 46.7. The van der Waals surface area contributed by atoms with E-state index in [1.54, 1.807) is 6.08 Å². The van der Waals surface area contributed by atoms with Crippen LogP contribution in [0.1, 0.15) is 201 Å². The van der Waals surface area contributed by atoms with E-state index >= 15 is 0 Å². The van der Waals surface area contributed by atoms with Crippen LogP contribution in [0.2, 0.25) is 0 Å². The number of hydrogen-bond donors (Lipinski definition) is 3. The molecule has 1 rings (SSSR count). The molecule has 6 atom stereocenters. The number of allylic oxidation sites excluding steroid dienone is 15. The third kappa shape index (κ3) is 37.1. The van der Waals surface area contributed by atoms with Gasteiger partial charge in [-0.05, 0) is 96.3 Å². The Bertz CT molecular complexity index is 1610. The molecule has 0 saturated carbocycles. The van der Waals surface area contributed by atoms with Crippen molar-refractivity contribution in [2.75, 3.05) is 13.2 Å². The lowest BCUT2D eigenvalue weighted by atomic mass is 9.98. The second-order valence-electron chi connectivity index (χ2n) is 18.1. The predicted octanol–water partition coefficient (Wildman–Crippen LogP) is 13.3. The maximum atomic E-state index is 13.1. The number of unbranched alkanes of at least 4 members (excludes halogenated alkanes) is 15. The standard InChI is InChI=1S/C59H94O12/c1-4-7-10-13-16-19-22-24-26-28-31-33-36-39-42-45-51(60)67-48-50(69-52(61)46-43-40-37-35-32-29-27-25-23-20-17-14-11-8-5-2)49-68-59-57(55(64)54(63)56(71-59)58(65)66)70-53(62)47-44-41-38-34-30-21-18-15-12-9-6-3/h7,10,15-20,24-27,31,33,39,42,50,54-57,59,63-64H,4-6,8-9,11-14,21-23,28-30,32,34-38,40-41,43-49H2,1-3H3,(H,65,66)/b10-7-,18-15-,19-16-,20-17-,26-24-,27-25-,33-31-,42-39-. The van der Waals surface area contributed by atoms with Crippen molar-refractivity contribution in [3.8, 4) is 0 Å². The molecule has 0 spiro atoms. The van der Waals surface area contributed by atoms with E-state index in [1.807, 2.05) is 12.2 Å². The highest BCUT2D eigenvalue weighted by molar-refractivity contribution is 5.74. The summed E-state index contributed by atoms with van der Waals surface area (Å²) in [6.45, 7) is 5.67. The number of aliphatic carboxylic acids is 1. The number of carbonyl (C=O) groups excluding carboxylic acids is 3. The highest BCUT2D eigenvalue weighted by Crippen LogP contribution is 2.26. The molecule has 1 saturated heterocycles. The van der Waals surface area contributed by atoms with E-state index in [1.165, 1.54) is 32.1 Å². The van der Waals surface area contributed by atoms with Crippen molar-refractivity contribution in [1.82, 2.24) is 0 Å². The van der Waals surface area contributed by atoms with Gasteiger partial charge in [-0.3, -0.25) is 14.4 Å². The van der Waals surface area contributed by atoms with Crippen LogP contribution in [0.25, 0.3) is 0 Å². The SMILES string of the molecule is CC/C=C\C/C=C\C/C=C\C/C=C\C/C=C\CC(=O)OCC(COC1OC(C(=O)O)C(O)C(O)C1OC(=O)CCCCCCC/C=C\CCCC)OC(=O)CCCCCCC/C=C\C/C=C\CCCCC. The molecule has 12 nitrogen and oxygen atoms in total. The Morgan fingerprint density at radius 1 is 0.493 bits per heavy atom. The number of carboxylic acid groups (broad SMARTS) is 1. The average Bonchev–Trinajstić information content (AvgIpc) is 3.35. The minimum atomic E-state index is -1.92. The van der Waals surface area contributed by atoms with Crippen LogP contribution in [0.4, 0.5) is 0 Å². The lowest BCUT2D eigenvalue weighted by Crippen LogP contribution is -2.61. The average molecular weight is 995 g/mol. The number of carboxylic acids is 1. The van der Waals surface area contributed by atoms with Gasteiger partial charge in [-0.1, -0.05) is 182 Å². The third-order valence-corrected chi connectivity index (χ3v) is 11.6. The van der Waals surface area contributed by atoms with Crippen LogP contribution in [-0.4, -0.2) is 89.2 Å². The zero-order chi connectivity index (χ0) is 51.8. The van der Waals surface area contributed by atoms with E-state index in [0.29, 0.717) is 19.3 Å². The van der Waals surface area contributed by atoms with Crippen molar-refractivity contribution in [3.63, 3.8) is 0 Å². The van der Waals surface area contributed by atoms with Crippen molar-refractivity contribution < 1.29 is 58.2 Å². The van der Waals surface area contributed by atoms with E-state index in [0.717, 1.165) is 109 Å². The summed E-state index contributed by atoms with van der Waals surface area (Å²) in [5.41, 5.74) is 0. The highest BCUT2D eigenvalue weighted by Gasteiger charge is 2.50. The topological polar surface area (TPSA) is 175 Å². The van der Waals surface area contributed by atoms with Crippen molar-refractivity contribution in [3.05, 3.63) is 97.2 Å². The Balaban J connectivity index is 2.80. The van der Waals surface area contributed by atoms with Crippen LogP contribution in [0.15, 0.2) is 97.2 Å². The molecular weight excluding hydrogens is 901 g/mol. The lowest BCUT2D eigenvalue weighted by molar-refractivity contribution is -0.301. The molecule has 0 aromatic rings. The van der Waals surface area contributed by atoms with E-state index in [2.05, 4.69) is 99.8 Å². The fraction of sp³-hybridized carbons (Fsp3) is 0.661. The fourth-order valence-corrected chi connectivity index (χ4v) is 7.45. The summed E-state index contributed by atoms with van der Waals surface area (Å²) in [4.78, 5) is 50.8. The maximum Gasteiger partial charge on any atom is 0.335 e. The first kappa shape index (κ1) is 64.7. The Kier molecular flexibility index (Phi) is 42.5. The number of aliphatic hydroxyl groups excluding tert-OH is 2. The Labute approximate surface area is 428 Å². The van der Waals surface area contributed by atoms with Gasteiger partial charge in [0.05, 0.1) is 13.0 Å². The van der Waals surface area contributed by atoms with Crippen LogP contribution in [0.3, 0.4) is 0 Å². The minimum Gasteiger partial charge on any atom is -0.479 e. The first-order valence-electron chi connectivity index (χ1n) is 27.2. The van der Waals surface area contributed by atoms with Gasteiger partial charge in [-0.2, -0.15) is 0 Å². The van der Waals surface area contributed by atoms with Gasteiger partial charge in [0.1, 0.15) is 18.8 Å². The lowest BCUT2D eigenvalue weighted by Gasteiger charge is -2.40. The van der Waals surface area contributed by atoms with E-state index < -0.39 is 67.3 Å². The van der Waals surface area contributed by atoms with Crippen LogP contribution in [0.5, 0.6) is 0 Å². The van der Waals surface area contributed by atoms with Crippen molar-refractivity contribution in [2.45, 2.75) is 237 Å². The quantitative estimate of drug-likeness (QED) is 0.0228. The molecule has 6 unspecified atom stereocenters. The monoisotopic (exact) mass is 995 g/mol. The fourth-order valence-electron chi connectivity index (χ4n) is 7.45. The Morgan fingerprint density at radius 3 is 1.48 bits per heavy atom. The van der Waals surface area contributed by atoms with Crippen LogP contribution < -0.4 is 0 Å². The number of ether oxygens (including phenoxy) is 5. The zero-order valence-electron chi connectivity index (χ0n) is 43.9. The molecule has 0 bridgehead atoms. The third-order valence-electron chi connectivity index (χ3n) is 11.6. The molecule has 0 aromatic heterocycles. The van der Waals surface area contributed by atoms with Crippen LogP contribution in [0, 0.1) is 0 Å². The molecule has 3 N–H and O–H groups in total. The molecule has 0 aliphatic carbocycles. The number of rotatable bonds is 44. The molecule has 1 fully saturated rings. The molecule has 1 aliphatic heterocycles. The Morgan fingerprint density at radius 2 is 0.944 bits per heavy atom. The van der Waals surface area contributed by atoms with E-state index in [9.17, 15) is 34.5 Å². The summed E-state index contributed by atoms with van der Waals surface area (Å²) < 4.78 is 28.2.